The van der Waals surface area contributed by atoms with Crippen LogP contribution in [0.2, 0.25) is 0 Å². The van der Waals surface area contributed by atoms with Crippen molar-refractivity contribution >= 4 is 9.84 Å². The van der Waals surface area contributed by atoms with Gasteiger partial charge in [0.15, 0.2) is 9.84 Å². The summed E-state index contributed by atoms with van der Waals surface area (Å²) >= 11 is 0. The molecule has 1 aromatic carbocycles. The number of rotatable bonds is 5. The molecule has 0 aliphatic rings. The monoisotopic (exact) mass is 258 g/mol. The Balaban J connectivity index is 2.91. The van der Waals surface area contributed by atoms with Crippen molar-refractivity contribution in [2.24, 2.45) is 0 Å². The molecule has 0 unspecified atom stereocenters. The molecule has 1 rings (SSSR count). The molecule has 1 aromatic rings. The van der Waals surface area contributed by atoms with E-state index in [9.17, 15) is 13.5 Å². The van der Waals surface area contributed by atoms with Crippen molar-refractivity contribution in [2.45, 2.75) is 25.7 Å². The summed E-state index contributed by atoms with van der Waals surface area (Å²) in [7, 11) is -3.40. The van der Waals surface area contributed by atoms with Crippen molar-refractivity contribution < 1.29 is 18.6 Å². The maximum Gasteiger partial charge on any atom is 0.157 e. The highest BCUT2D eigenvalue weighted by Gasteiger charge is 2.19. The fraction of sp³-hybridized carbons (Fsp3) is 0.500. The molecule has 96 valence electrons. The van der Waals surface area contributed by atoms with Crippen molar-refractivity contribution in [3.63, 3.8) is 0 Å². The number of hydrogen-bond donors (Lipinski definition) is 2. The van der Waals surface area contributed by atoms with E-state index in [2.05, 4.69) is 0 Å². The zero-order valence-electron chi connectivity index (χ0n) is 10.0. The summed E-state index contributed by atoms with van der Waals surface area (Å²) in [6.45, 7) is 3.19. The summed E-state index contributed by atoms with van der Waals surface area (Å²) in [5, 5.41) is 17.8. The third-order valence-corrected chi connectivity index (χ3v) is 4.29. The molecule has 0 aliphatic heterocycles. The van der Waals surface area contributed by atoms with E-state index >= 15 is 0 Å². The van der Waals surface area contributed by atoms with Crippen LogP contribution in [0.15, 0.2) is 18.2 Å². The Hall–Kier alpha value is -0.910. The van der Waals surface area contributed by atoms with Crippen molar-refractivity contribution in [1.82, 2.24) is 0 Å². The van der Waals surface area contributed by atoms with Crippen molar-refractivity contribution in [3.05, 3.63) is 34.9 Å². The van der Waals surface area contributed by atoms with Crippen LogP contribution < -0.4 is 0 Å². The summed E-state index contributed by atoms with van der Waals surface area (Å²) in [5.74, 6) is -0.500. The van der Waals surface area contributed by atoms with Gasteiger partial charge in [-0.15, -0.1) is 0 Å². The standard InChI is InChI=1S/C12H18O4S/c1-9-4-3-5-10(2)12(9)8-17(15,16)7-11(14)6-13/h3-5,11,13-14H,6-8H2,1-2H3/t11-/m0/s1. The SMILES string of the molecule is Cc1cccc(C)c1CS(=O)(=O)C[C@@H](O)CO. The lowest BCUT2D eigenvalue weighted by molar-refractivity contribution is 0.112. The second-order valence-electron chi connectivity index (χ2n) is 4.26. The zero-order valence-corrected chi connectivity index (χ0v) is 10.9. The normalized spacial score (nSPS) is 13.6. The van der Waals surface area contributed by atoms with Crippen LogP contribution in [0.3, 0.4) is 0 Å². The average Bonchev–Trinajstić information content (AvgIpc) is 2.23. The highest BCUT2D eigenvalue weighted by molar-refractivity contribution is 7.90. The second-order valence-corrected chi connectivity index (χ2v) is 6.37. The van der Waals surface area contributed by atoms with E-state index in [4.69, 9.17) is 5.11 Å². The van der Waals surface area contributed by atoms with Gasteiger partial charge in [0.05, 0.1) is 24.2 Å². The Morgan fingerprint density at radius 3 is 2.24 bits per heavy atom. The molecule has 1 atom stereocenters. The summed E-state index contributed by atoms with van der Waals surface area (Å²) in [4.78, 5) is 0. The molecular formula is C12H18O4S. The molecule has 17 heavy (non-hydrogen) atoms. The van der Waals surface area contributed by atoms with Crippen LogP contribution in [0.1, 0.15) is 16.7 Å². The molecule has 5 heteroatoms. The first-order chi connectivity index (χ1) is 7.85. The van der Waals surface area contributed by atoms with Gasteiger partial charge in [0.25, 0.3) is 0 Å². The maximum atomic E-state index is 11.8. The third kappa shape index (κ3) is 4.11. The molecule has 0 saturated heterocycles. The highest BCUT2D eigenvalue weighted by Crippen LogP contribution is 2.17. The minimum absolute atomic E-state index is 0.0947. The highest BCUT2D eigenvalue weighted by atomic mass is 32.2. The second kappa shape index (κ2) is 5.62. The van der Waals surface area contributed by atoms with E-state index in [-0.39, 0.29) is 5.75 Å². The molecule has 0 spiro atoms. The molecule has 0 saturated carbocycles. The number of hydrogen-bond acceptors (Lipinski definition) is 4. The van der Waals surface area contributed by atoms with E-state index in [1.54, 1.807) is 0 Å². The third-order valence-electron chi connectivity index (χ3n) is 2.67. The lowest BCUT2D eigenvalue weighted by Gasteiger charge is -2.12. The Morgan fingerprint density at radius 2 is 1.76 bits per heavy atom. The number of aliphatic hydroxyl groups excluding tert-OH is 2. The average molecular weight is 258 g/mol. The predicted octanol–water partition coefficient (Wildman–Crippen LogP) is 0.571. The molecular weight excluding hydrogens is 240 g/mol. The van der Waals surface area contributed by atoms with Gasteiger partial charge in [-0.2, -0.15) is 0 Å². The Labute approximate surface area is 102 Å². The van der Waals surface area contributed by atoms with Crippen molar-refractivity contribution in [2.75, 3.05) is 12.4 Å². The minimum atomic E-state index is -3.40. The summed E-state index contributed by atoms with van der Waals surface area (Å²) < 4.78 is 23.6. The van der Waals surface area contributed by atoms with Crippen LogP contribution in [-0.4, -0.2) is 37.1 Å². The van der Waals surface area contributed by atoms with Gasteiger partial charge in [-0.1, -0.05) is 18.2 Å². The number of sulfone groups is 1. The molecule has 0 aromatic heterocycles. The molecule has 0 aliphatic carbocycles. The van der Waals surface area contributed by atoms with Gasteiger partial charge in [0.2, 0.25) is 0 Å². The van der Waals surface area contributed by atoms with Crippen LogP contribution in [0.25, 0.3) is 0 Å². The van der Waals surface area contributed by atoms with Crippen molar-refractivity contribution in [1.29, 1.82) is 0 Å². The first kappa shape index (κ1) is 14.2. The fourth-order valence-corrected chi connectivity index (χ4v) is 3.41. The van der Waals surface area contributed by atoms with Crippen LogP contribution in [0.5, 0.6) is 0 Å². The molecule has 0 fully saturated rings. The van der Waals surface area contributed by atoms with E-state index in [0.29, 0.717) is 0 Å². The Bertz CT molecular complexity index is 459. The topological polar surface area (TPSA) is 74.6 Å². The van der Waals surface area contributed by atoms with Crippen molar-refractivity contribution in [3.8, 4) is 0 Å². The summed E-state index contributed by atoms with van der Waals surface area (Å²) in [6.07, 6.45) is -1.20. The predicted molar refractivity (Wildman–Crippen MR) is 66.5 cm³/mol. The van der Waals surface area contributed by atoms with Gasteiger partial charge in [-0.25, -0.2) is 8.42 Å². The molecule has 2 N–H and O–H groups in total. The number of aliphatic hydroxyl groups is 2. The minimum Gasteiger partial charge on any atom is -0.394 e. The fourth-order valence-electron chi connectivity index (χ4n) is 1.70. The first-order valence-electron chi connectivity index (χ1n) is 5.40. The van der Waals surface area contributed by atoms with E-state index in [0.717, 1.165) is 16.7 Å². The van der Waals surface area contributed by atoms with Crippen LogP contribution in [0, 0.1) is 13.8 Å². The summed E-state index contributed by atoms with van der Waals surface area (Å²) in [6, 6.07) is 5.60. The lowest BCUT2D eigenvalue weighted by atomic mass is 10.1. The van der Waals surface area contributed by atoms with E-state index in [1.807, 2.05) is 32.0 Å². The zero-order chi connectivity index (χ0) is 13.1. The molecule has 0 radical (unpaired) electrons. The van der Waals surface area contributed by atoms with Gasteiger partial charge in [-0.05, 0) is 30.5 Å². The largest absolute Gasteiger partial charge is 0.394 e. The Morgan fingerprint density at radius 1 is 1.24 bits per heavy atom. The first-order valence-corrected chi connectivity index (χ1v) is 7.22. The van der Waals surface area contributed by atoms with Gasteiger partial charge in [0, 0.05) is 0 Å². The van der Waals surface area contributed by atoms with E-state index in [1.165, 1.54) is 0 Å². The van der Waals surface area contributed by atoms with E-state index < -0.39 is 28.3 Å². The molecule has 0 heterocycles. The smallest absolute Gasteiger partial charge is 0.157 e. The van der Waals surface area contributed by atoms with Gasteiger partial charge < -0.3 is 10.2 Å². The van der Waals surface area contributed by atoms with Crippen LogP contribution >= 0.6 is 0 Å². The van der Waals surface area contributed by atoms with Crippen LogP contribution in [-0.2, 0) is 15.6 Å². The lowest BCUT2D eigenvalue weighted by Crippen LogP contribution is -2.25. The van der Waals surface area contributed by atoms with Gasteiger partial charge in [0.1, 0.15) is 0 Å². The molecule has 0 amide bonds. The quantitative estimate of drug-likeness (QED) is 0.810. The molecule has 0 bridgehead atoms. The number of benzene rings is 1. The molecule has 4 nitrogen and oxygen atoms in total. The Kier molecular flexibility index (Phi) is 4.68. The van der Waals surface area contributed by atoms with Gasteiger partial charge in [-0.3, -0.25) is 0 Å². The van der Waals surface area contributed by atoms with Crippen LogP contribution in [0.4, 0.5) is 0 Å². The number of aryl methyl sites for hydroxylation is 2. The van der Waals surface area contributed by atoms with Gasteiger partial charge >= 0.3 is 0 Å². The summed E-state index contributed by atoms with van der Waals surface area (Å²) in [5.41, 5.74) is 2.62. The maximum absolute atomic E-state index is 11.8.